The summed E-state index contributed by atoms with van der Waals surface area (Å²) in [5.74, 6) is 1.66. The highest BCUT2D eigenvalue weighted by Crippen LogP contribution is 2.13. The fourth-order valence-corrected chi connectivity index (χ4v) is 1.71. The van der Waals surface area contributed by atoms with E-state index in [2.05, 4.69) is 47.0 Å². The smallest absolute Gasteiger partial charge is 0.126 e. The highest BCUT2D eigenvalue weighted by atomic mass is 79.9. The molecule has 1 aromatic rings. The second kappa shape index (κ2) is 5.35. The van der Waals surface area contributed by atoms with E-state index < -0.39 is 0 Å². The molecule has 1 aromatic heterocycles. The van der Waals surface area contributed by atoms with Crippen LogP contribution >= 0.6 is 15.9 Å². The molecule has 3 heteroatoms. The standard InChI is InChI=1S/C11H17BrN2/c1-8(2)6-9(3)14-11-5-4-10(12)7-13-11/h4-5,7-9H,6H2,1-3H3,(H,13,14). The summed E-state index contributed by atoms with van der Waals surface area (Å²) in [6.07, 6.45) is 2.97. The lowest BCUT2D eigenvalue weighted by atomic mass is 10.1. The molecule has 14 heavy (non-hydrogen) atoms. The first kappa shape index (κ1) is 11.5. The first-order chi connectivity index (χ1) is 6.58. The number of hydrogen-bond donors (Lipinski definition) is 1. The average Bonchev–Trinajstić information content (AvgIpc) is 2.07. The summed E-state index contributed by atoms with van der Waals surface area (Å²) >= 11 is 3.36. The Bertz CT molecular complexity index is 269. The van der Waals surface area contributed by atoms with Crippen LogP contribution in [0.4, 0.5) is 5.82 Å². The van der Waals surface area contributed by atoms with Crippen LogP contribution in [0, 0.1) is 5.92 Å². The summed E-state index contributed by atoms with van der Waals surface area (Å²) in [6.45, 7) is 6.64. The zero-order chi connectivity index (χ0) is 10.6. The number of aromatic nitrogens is 1. The average molecular weight is 257 g/mol. The minimum atomic E-state index is 0.476. The summed E-state index contributed by atoms with van der Waals surface area (Å²) < 4.78 is 1.01. The van der Waals surface area contributed by atoms with E-state index in [1.165, 1.54) is 0 Å². The van der Waals surface area contributed by atoms with E-state index in [0.717, 1.165) is 16.7 Å². The lowest BCUT2D eigenvalue weighted by molar-refractivity contribution is 0.539. The summed E-state index contributed by atoms with van der Waals surface area (Å²) in [5, 5.41) is 3.37. The molecule has 78 valence electrons. The van der Waals surface area contributed by atoms with Gasteiger partial charge in [-0.25, -0.2) is 4.98 Å². The monoisotopic (exact) mass is 256 g/mol. The summed E-state index contributed by atoms with van der Waals surface area (Å²) in [7, 11) is 0. The third-order valence-electron chi connectivity index (χ3n) is 1.95. The van der Waals surface area contributed by atoms with Crippen molar-refractivity contribution in [1.82, 2.24) is 4.98 Å². The summed E-state index contributed by atoms with van der Waals surface area (Å²) in [5.41, 5.74) is 0. The molecule has 2 nitrogen and oxygen atoms in total. The molecule has 1 N–H and O–H groups in total. The zero-order valence-corrected chi connectivity index (χ0v) is 10.5. The van der Waals surface area contributed by atoms with E-state index in [1.54, 1.807) is 0 Å². The van der Waals surface area contributed by atoms with Crippen LogP contribution < -0.4 is 5.32 Å². The molecule has 0 aliphatic heterocycles. The van der Waals surface area contributed by atoms with E-state index in [-0.39, 0.29) is 0 Å². The molecule has 0 spiro atoms. The molecule has 1 rings (SSSR count). The first-order valence-electron chi connectivity index (χ1n) is 4.96. The van der Waals surface area contributed by atoms with Gasteiger partial charge in [0.05, 0.1) is 0 Å². The molecule has 0 aliphatic rings. The van der Waals surface area contributed by atoms with Crippen LogP contribution in [-0.4, -0.2) is 11.0 Å². The van der Waals surface area contributed by atoms with Crippen molar-refractivity contribution in [2.45, 2.75) is 33.2 Å². The van der Waals surface area contributed by atoms with Gasteiger partial charge in [0.1, 0.15) is 5.82 Å². The molecule has 0 saturated carbocycles. The van der Waals surface area contributed by atoms with Gasteiger partial charge in [-0.05, 0) is 47.3 Å². The maximum absolute atomic E-state index is 4.27. The summed E-state index contributed by atoms with van der Waals surface area (Å²) in [4.78, 5) is 4.27. The van der Waals surface area contributed by atoms with Crippen LogP contribution in [0.15, 0.2) is 22.8 Å². The van der Waals surface area contributed by atoms with Crippen molar-refractivity contribution >= 4 is 21.7 Å². The second-order valence-corrected chi connectivity index (χ2v) is 4.95. The van der Waals surface area contributed by atoms with E-state index in [1.807, 2.05) is 18.3 Å². The van der Waals surface area contributed by atoms with Gasteiger partial charge in [-0.3, -0.25) is 0 Å². The molecule has 1 heterocycles. The molecular formula is C11H17BrN2. The van der Waals surface area contributed by atoms with Crippen molar-refractivity contribution in [3.8, 4) is 0 Å². The van der Waals surface area contributed by atoms with E-state index in [4.69, 9.17) is 0 Å². The van der Waals surface area contributed by atoms with Gasteiger partial charge in [-0.2, -0.15) is 0 Å². The van der Waals surface area contributed by atoms with Crippen molar-refractivity contribution in [2.24, 2.45) is 5.92 Å². The predicted octanol–water partition coefficient (Wildman–Crippen LogP) is 3.69. The van der Waals surface area contributed by atoms with Crippen LogP contribution in [0.3, 0.4) is 0 Å². The third kappa shape index (κ3) is 4.09. The van der Waals surface area contributed by atoms with Gasteiger partial charge >= 0.3 is 0 Å². The highest BCUT2D eigenvalue weighted by molar-refractivity contribution is 9.10. The van der Waals surface area contributed by atoms with Crippen molar-refractivity contribution < 1.29 is 0 Å². The topological polar surface area (TPSA) is 24.9 Å². The number of halogens is 1. The highest BCUT2D eigenvalue weighted by Gasteiger charge is 2.04. The van der Waals surface area contributed by atoms with Gasteiger partial charge in [-0.1, -0.05) is 13.8 Å². The Labute approximate surface area is 94.3 Å². The quantitative estimate of drug-likeness (QED) is 0.889. The van der Waals surface area contributed by atoms with Crippen molar-refractivity contribution in [3.05, 3.63) is 22.8 Å². The molecular weight excluding hydrogens is 240 g/mol. The van der Waals surface area contributed by atoms with E-state index in [0.29, 0.717) is 12.0 Å². The van der Waals surface area contributed by atoms with Gasteiger partial charge in [0, 0.05) is 16.7 Å². The lowest BCUT2D eigenvalue weighted by Crippen LogP contribution is -2.17. The molecule has 1 atom stereocenters. The molecule has 1 unspecified atom stereocenters. The molecule has 0 aromatic carbocycles. The Morgan fingerprint density at radius 3 is 2.57 bits per heavy atom. The van der Waals surface area contributed by atoms with Crippen LogP contribution in [0.1, 0.15) is 27.2 Å². The molecule has 0 amide bonds. The minimum Gasteiger partial charge on any atom is -0.368 e. The maximum atomic E-state index is 4.27. The van der Waals surface area contributed by atoms with Crippen molar-refractivity contribution in [1.29, 1.82) is 0 Å². The Balaban J connectivity index is 2.47. The number of pyridine rings is 1. The fraction of sp³-hybridized carbons (Fsp3) is 0.545. The number of hydrogen-bond acceptors (Lipinski definition) is 2. The van der Waals surface area contributed by atoms with Gasteiger partial charge in [0.15, 0.2) is 0 Å². The van der Waals surface area contributed by atoms with Crippen molar-refractivity contribution in [2.75, 3.05) is 5.32 Å². The Hall–Kier alpha value is -0.570. The van der Waals surface area contributed by atoms with Gasteiger partial charge < -0.3 is 5.32 Å². The number of anilines is 1. The van der Waals surface area contributed by atoms with Crippen molar-refractivity contribution in [3.63, 3.8) is 0 Å². The lowest BCUT2D eigenvalue weighted by Gasteiger charge is -2.16. The SMILES string of the molecule is CC(C)CC(C)Nc1ccc(Br)cn1. The molecule has 0 fully saturated rings. The molecule has 0 aliphatic carbocycles. The largest absolute Gasteiger partial charge is 0.368 e. The number of nitrogens with zero attached hydrogens (tertiary/aromatic N) is 1. The predicted molar refractivity (Wildman–Crippen MR) is 64.5 cm³/mol. The number of rotatable bonds is 4. The normalized spacial score (nSPS) is 12.9. The fourth-order valence-electron chi connectivity index (χ4n) is 1.48. The second-order valence-electron chi connectivity index (χ2n) is 4.04. The molecule has 0 bridgehead atoms. The third-order valence-corrected chi connectivity index (χ3v) is 2.42. The molecule has 0 radical (unpaired) electrons. The Kier molecular flexibility index (Phi) is 4.39. The van der Waals surface area contributed by atoms with E-state index in [9.17, 15) is 0 Å². The van der Waals surface area contributed by atoms with Crippen LogP contribution in [0.2, 0.25) is 0 Å². The van der Waals surface area contributed by atoms with Gasteiger partial charge in [0.25, 0.3) is 0 Å². The van der Waals surface area contributed by atoms with Crippen LogP contribution in [0.25, 0.3) is 0 Å². The van der Waals surface area contributed by atoms with Gasteiger partial charge in [-0.15, -0.1) is 0 Å². The maximum Gasteiger partial charge on any atom is 0.126 e. The Morgan fingerprint density at radius 1 is 1.36 bits per heavy atom. The Morgan fingerprint density at radius 2 is 2.07 bits per heavy atom. The summed E-state index contributed by atoms with van der Waals surface area (Å²) in [6, 6.07) is 4.46. The zero-order valence-electron chi connectivity index (χ0n) is 8.92. The van der Waals surface area contributed by atoms with Crippen LogP contribution in [0.5, 0.6) is 0 Å². The minimum absolute atomic E-state index is 0.476. The van der Waals surface area contributed by atoms with E-state index >= 15 is 0 Å². The first-order valence-corrected chi connectivity index (χ1v) is 5.75. The molecule has 0 saturated heterocycles. The van der Waals surface area contributed by atoms with Crippen LogP contribution in [-0.2, 0) is 0 Å². The van der Waals surface area contributed by atoms with Gasteiger partial charge in [0.2, 0.25) is 0 Å². The number of nitrogens with one attached hydrogen (secondary N) is 1.